The molecule has 1 saturated heterocycles. The molecule has 0 spiro atoms. The molecule has 1 aliphatic rings. The van der Waals surface area contributed by atoms with Crippen LogP contribution in [-0.4, -0.2) is 42.1 Å². The standard InChI is InChI=1S/C15H19NO4/c1-11-2-3-14(13(8-11)9-17)20-10-12-4-6-16(7-5-12)15(18)19/h2-3,8-9,12H,4-7,10H2,1H3,(H,18,19). The number of likely N-dealkylation sites (tertiary alicyclic amines) is 1. The molecule has 0 saturated carbocycles. The highest BCUT2D eigenvalue weighted by Crippen LogP contribution is 2.22. The zero-order valence-electron chi connectivity index (χ0n) is 11.5. The zero-order valence-corrected chi connectivity index (χ0v) is 11.5. The van der Waals surface area contributed by atoms with E-state index in [1.807, 2.05) is 19.1 Å². The summed E-state index contributed by atoms with van der Waals surface area (Å²) >= 11 is 0. The number of rotatable bonds is 4. The maximum Gasteiger partial charge on any atom is 0.407 e. The molecule has 1 aromatic rings. The monoisotopic (exact) mass is 277 g/mol. The molecule has 0 bridgehead atoms. The highest BCUT2D eigenvalue weighted by Gasteiger charge is 2.22. The average molecular weight is 277 g/mol. The largest absolute Gasteiger partial charge is 0.493 e. The lowest BCUT2D eigenvalue weighted by Gasteiger charge is -2.29. The summed E-state index contributed by atoms with van der Waals surface area (Å²) in [5.41, 5.74) is 1.59. The number of carbonyl (C=O) groups is 2. The van der Waals surface area contributed by atoms with Crippen LogP contribution in [0.2, 0.25) is 0 Å². The molecule has 1 aromatic carbocycles. The predicted molar refractivity (Wildman–Crippen MR) is 74.4 cm³/mol. The highest BCUT2D eigenvalue weighted by atomic mass is 16.5. The van der Waals surface area contributed by atoms with Crippen molar-refractivity contribution in [3.63, 3.8) is 0 Å². The van der Waals surface area contributed by atoms with Gasteiger partial charge in [0.2, 0.25) is 0 Å². The summed E-state index contributed by atoms with van der Waals surface area (Å²) in [6.45, 7) is 3.56. The molecular formula is C15H19NO4. The van der Waals surface area contributed by atoms with Crippen molar-refractivity contribution in [1.29, 1.82) is 0 Å². The first kappa shape index (κ1) is 14.4. The number of ether oxygens (including phenoxy) is 1. The molecule has 0 radical (unpaired) electrons. The number of aldehydes is 1. The van der Waals surface area contributed by atoms with Gasteiger partial charge in [0, 0.05) is 13.1 Å². The Kier molecular flexibility index (Phi) is 4.61. The fourth-order valence-electron chi connectivity index (χ4n) is 2.39. The van der Waals surface area contributed by atoms with E-state index < -0.39 is 6.09 Å². The lowest BCUT2D eigenvalue weighted by Crippen LogP contribution is -2.38. The van der Waals surface area contributed by atoms with Gasteiger partial charge < -0.3 is 14.7 Å². The van der Waals surface area contributed by atoms with Crippen LogP contribution in [0.1, 0.15) is 28.8 Å². The number of piperidine rings is 1. The first-order valence-corrected chi connectivity index (χ1v) is 6.76. The maximum absolute atomic E-state index is 11.0. The number of nitrogens with zero attached hydrogens (tertiary/aromatic N) is 1. The average Bonchev–Trinajstić information content (AvgIpc) is 2.46. The smallest absolute Gasteiger partial charge is 0.407 e. The quantitative estimate of drug-likeness (QED) is 0.859. The first-order chi connectivity index (χ1) is 9.60. The fraction of sp³-hybridized carbons (Fsp3) is 0.467. The van der Waals surface area contributed by atoms with E-state index in [1.54, 1.807) is 6.07 Å². The third-order valence-corrected chi connectivity index (χ3v) is 3.65. The predicted octanol–water partition coefficient (Wildman–Crippen LogP) is 2.58. The van der Waals surface area contributed by atoms with Gasteiger partial charge in [-0.2, -0.15) is 0 Å². The minimum Gasteiger partial charge on any atom is -0.493 e. The number of hydrogen-bond donors (Lipinski definition) is 1. The first-order valence-electron chi connectivity index (χ1n) is 6.76. The topological polar surface area (TPSA) is 66.8 Å². The van der Waals surface area contributed by atoms with Gasteiger partial charge in [-0.15, -0.1) is 0 Å². The van der Waals surface area contributed by atoms with Crippen LogP contribution >= 0.6 is 0 Å². The third kappa shape index (κ3) is 3.50. The van der Waals surface area contributed by atoms with Gasteiger partial charge in [0.15, 0.2) is 6.29 Å². The highest BCUT2D eigenvalue weighted by molar-refractivity contribution is 5.79. The summed E-state index contributed by atoms with van der Waals surface area (Å²) in [6, 6.07) is 5.52. The van der Waals surface area contributed by atoms with Gasteiger partial charge >= 0.3 is 6.09 Å². The number of carbonyl (C=O) groups excluding carboxylic acids is 1. The molecule has 5 heteroatoms. The third-order valence-electron chi connectivity index (χ3n) is 3.65. The Labute approximate surface area is 118 Å². The second-order valence-electron chi connectivity index (χ2n) is 5.18. The molecule has 20 heavy (non-hydrogen) atoms. The summed E-state index contributed by atoms with van der Waals surface area (Å²) in [5.74, 6) is 0.942. The van der Waals surface area contributed by atoms with Crippen molar-refractivity contribution in [1.82, 2.24) is 4.90 Å². The van der Waals surface area contributed by atoms with E-state index in [4.69, 9.17) is 9.84 Å². The molecule has 5 nitrogen and oxygen atoms in total. The molecular weight excluding hydrogens is 258 g/mol. The van der Waals surface area contributed by atoms with Crippen molar-refractivity contribution in [2.24, 2.45) is 5.92 Å². The second kappa shape index (κ2) is 6.41. The number of carboxylic acid groups (broad SMARTS) is 1. The fourth-order valence-corrected chi connectivity index (χ4v) is 2.39. The zero-order chi connectivity index (χ0) is 14.5. The summed E-state index contributed by atoms with van der Waals surface area (Å²) in [4.78, 5) is 23.2. The lowest BCUT2D eigenvalue weighted by atomic mass is 9.98. The molecule has 1 heterocycles. The lowest BCUT2D eigenvalue weighted by molar-refractivity contribution is 0.108. The van der Waals surface area contributed by atoms with Gasteiger partial charge in [0.25, 0.3) is 0 Å². The number of benzene rings is 1. The van der Waals surface area contributed by atoms with Crippen LogP contribution < -0.4 is 4.74 Å². The van der Waals surface area contributed by atoms with Gasteiger partial charge in [0.1, 0.15) is 5.75 Å². The van der Waals surface area contributed by atoms with Gasteiger partial charge in [-0.1, -0.05) is 11.6 Å². The Morgan fingerprint density at radius 3 is 2.75 bits per heavy atom. The molecule has 0 aliphatic carbocycles. The van der Waals surface area contributed by atoms with E-state index in [2.05, 4.69) is 0 Å². The van der Waals surface area contributed by atoms with Gasteiger partial charge in [-0.05, 0) is 37.8 Å². The summed E-state index contributed by atoms with van der Waals surface area (Å²) in [5, 5.41) is 8.88. The van der Waals surface area contributed by atoms with Crippen molar-refractivity contribution in [3.05, 3.63) is 29.3 Å². The van der Waals surface area contributed by atoms with Crippen LogP contribution in [0.4, 0.5) is 4.79 Å². The number of hydrogen-bond acceptors (Lipinski definition) is 3. The molecule has 0 aromatic heterocycles. The maximum atomic E-state index is 11.0. The Morgan fingerprint density at radius 2 is 2.15 bits per heavy atom. The minimum atomic E-state index is -0.855. The van der Waals surface area contributed by atoms with Crippen LogP contribution in [0.3, 0.4) is 0 Å². The van der Waals surface area contributed by atoms with Crippen LogP contribution in [0.5, 0.6) is 5.75 Å². The Hall–Kier alpha value is -2.04. The van der Waals surface area contributed by atoms with Gasteiger partial charge in [-0.25, -0.2) is 4.79 Å². The molecule has 1 N–H and O–H groups in total. The van der Waals surface area contributed by atoms with Crippen molar-refractivity contribution < 1.29 is 19.4 Å². The number of amides is 1. The van der Waals surface area contributed by atoms with Crippen LogP contribution in [0, 0.1) is 12.8 Å². The van der Waals surface area contributed by atoms with Crippen molar-refractivity contribution >= 4 is 12.4 Å². The van der Waals surface area contributed by atoms with Crippen molar-refractivity contribution in [2.45, 2.75) is 19.8 Å². The Balaban J connectivity index is 1.87. The van der Waals surface area contributed by atoms with Gasteiger partial charge in [-0.3, -0.25) is 4.79 Å². The van der Waals surface area contributed by atoms with Crippen LogP contribution in [-0.2, 0) is 0 Å². The van der Waals surface area contributed by atoms with Crippen LogP contribution in [0.15, 0.2) is 18.2 Å². The molecule has 108 valence electrons. The normalized spacial score (nSPS) is 15.9. The van der Waals surface area contributed by atoms with E-state index in [-0.39, 0.29) is 0 Å². The molecule has 0 unspecified atom stereocenters. The van der Waals surface area contributed by atoms with E-state index in [1.165, 1.54) is 4.90 Å². The van der Waals surface area contributed by atoms with E-state index in [0.29, 0.717) is 36.9 Å². The molecule has 1 fully saturated rings. The SMILES string of the molecule is Cc1ccc(OCC2CCN(C(=O)O)CC2)c(C=O)c1. The van der Waals surface area contributed by atoms with Crippen molar-refractivity contribution in [3.8, 4) is 5.75 Å². The number of aryl methyl sites for hydroxylation is 1. The van der Waals surface area contributed by atoms with E-state index >= 15 is 0 Å². The summed E-state index contributed by atoms with van der Waals surface area (Å²) in [7, 11) is 0. The molecule has 1 aliphatic heterocycles. The molecule has 0 atom stereocenters. The van der Waals surface area contributed by atoms with E-state index in [9.17, 15) is 9.59 Å². The Bertz CT molecular complexity index is 493. The second-order valence-corrected chi connectivity index (χ2v) is 5.18. The summed E-state index contributed by atoms with van der Waals surface area (Å²) in [6.07, 6.45) is 1.55. The van der Waals surface area contributed by atoms with Crippen LogP contribution in [0.25, 0.3) is 0 Å². The van der Waals surface area contributed by atoms with E-state index in [0.717, 1.165) is 24.7 Å². The Morgan fingerprint density at radius 1 is 1.45 bits per heavy atom. The van der Waals surface area contributed by atoms with Crippen molar-refractivity contribution in [2.75, 3.05) is 19.7 Å². The molecule has 2 rings (SSSR count). The van der Waals surface area contributed by atoms with Gasteiger partial charge in [0.05, 0.1) is 12.2 Å². The molecule has 1 amide bonds. The minimum absolute atomic E-state index is 0.339. The summed E-state index contributed by atoms with van der Waals surface area (Å²) < 4.78 is 5.72.